The second-order valence-corrected chi connectivity index (χ2v) is 8.25. The Hall–Kier alpha value is -3.46. The summed E-state index contributed by atoms with van der Waals surface area (Å²) in [7, 11) is 1.58. The highest BCUT2D eigenvalue weighted by Gasteiger charge is 2.40. The predicted octanol–water partition coefficient (Wildman–Crippen LogP) is 3.04. The first-order valence-corrected chi connectivity index (χ1v) is 11.4. The van der Waals surface area contributed by atoms with Crippen LogP contribution in [0.4, 0.5) is 14.9 Å². The number of urea groups is 1. The van der Waals surface area contributed by atoms with Crippen molar-refractivity contribution < 1.29 is 23.5 Å². The number of nitrogens with zero attached hydrogens (tertiary/aromatic N) is 3. The van der Waals surface area contributed by atoms with E-state index in [0.29, 0.717) is 49.9 Å². The van der Waals surface area contributed by atoms with Gasteiger partial charge in [0.1, 0.15) is 17.5 Å². The molecule has 8 nitrogen and oxygen atoms in total. The maximum Gasteiger partial charge on any atom is 0.341 e. The van der Waals surface area contributed by atoms with Gasteiger partial charge in [-0.05, 0) is 36.8 Å². The standard InChI is InChI=1S/C25H29FN4O4/c1-3-34-24(31)22-20(27-25(32)28-23(22)17-8-10-18(33-2)11-9-17)16-29-12-14-30(15-13-29)21-7-5-4-6-19(21)26/h4-11,22-23H,3,12-16H2,1-2H3,(H,28,32). The Balaban J connectivity index is 1.51. The highest BCUT2D eigenvalue weighted by molar-refractivity contribution is 6.10. The molecule has 1 saturated heterocycles. The first-order valence-electron chi connectivity index (χ1n) is 11.4. The molecule has 2 aliphatic rings. The molecule has 0 aromatic heterocycles. The third-order valence-corrected chi connectivity index (χ3v) is 6.18. The van der Waals surface area contributed by atoms with Crippen LogP contribution in [0.3, 0.4) is 0 Å². The Kier molecular flexibility index (Phi) is 7.42. The summed E-state index contributed by atoms with van der Waals surface area (Å²) in [5, 5.41) is 2.83. The van der Waals surface area contributed by atoms with E-state index in [1.807, 2.05) is 23.1 Å². The molecule has 2 heterocycles. The summed E-state index contributed by atoms with van der Waals surface area (Å²) in [5.74, 6) is -0.725. The molecular formula is C25H29FN4O4. The summed E-state index contributed by atoms with van der Waals surface area (Å²) >= 11 is 0. The van der Waals surface area contributed by atoms with Gasteiger partial charge in [-0.15, -0.1) is 0 Å². The van der Waals surface area contributed by atoms with Crippen LogP contribution in [0.2, 0.25) is 0 Å². The maximum absolute atomic E-state index is 14.2. The molecule has 1 N–H and O–H groups in total. The van der Waals surface area contributed by atoms with Gasteiger partial charge < -0.3 is 19.7 Å². The molecule has 2 aromatic rings. The third kappa shape index (κ3) is 5.20. The Bertz CT molecular complexity index is 1050. The van der Waals surface area contributed by atoms with Gasteiger partial charge in [0.25, 0.3) is 0 Å². The molecule has 0 saturated carbocycles. The number of carbonyl (C=O) groups is 2. The number of nitrogens with one attached hydrogen (secondary N) is 1. The van der Waals surface area contributed by atoms with Crippen molar-refractivity contribution in [1.29, 1.82) is 0 Å². The number of para-hydroxylation sites is 1. The highest BCUT2D eigenvalue weighted by Crippen LogP contribution is 2.30. The van der Waals surface area contributed by atoms with Crippen LogP contribution in [0.15, 0.2) is 53.5 Å². The van der Waals surface area contributed by atoms with Gasteiger partial charge in [-0.1, -0.05) is 24.3 Å². The van der Waals surface area contributed by atoms with Gasteiger partial charge in [0.05, 0.1) is 31.2 Å². The zero-order chi connectivity index (χ0) is 24.1. The largest absolute Gasteiger partial charge is 0.497 e. The number of hydrogen-bond donors (Lipinski definition) is 1. The van der Waals surface area contributed by atoms with Crippen LogP contribution in [0, 0.1) is 11.7 Å². The van der Waals surface area contributed by atoms with Crippen LogP contribution in [-0.4, -0.2) is 69.1 Å². The molecule has 0 bridgehead atoms. The van der Waals surface area contributed by atoms with E-state index in [-0.39, 0.29) is 12.4 Å². The second kappa shape index (κ2) is 10.6. The fourth-order valence-corrected chi connectivity index (χ4v) is 4.45. The van der Waals surface area contributed by atoms with Crippen LogP contribution in [0.5, 0.6) is 5.75 Å². The maximum atomic E-state index is 14.2. The van der Waals surface area contributed by atoms with E-state index in [0.717, 1.165) is 5.56 Å². The average Bonchev–Trinajstić information content (AvgIpc) is 2.85. The molecule has 9 heteroatoms. The molecule has 2 aromatic carbocycles. The number of hydrogen-bond acceptors (Lipinski definition) is 6. The van der Waals surface area contributed by atoms with E-state index in [4.69, 9.17) is 9.47 Å². The molecule has 2 aliphatic heterocycles. The lowest BCUT2D eigenvalue weighted by Gasteiger charge is -2.38. The lowest BCUT2D eigenvalue weighted by molar-refractivity contribution is -0.146. The van der Waals surface area contributed by atoms with Gasteiger partial charge in [0.2, 0.25) is 0 Å². The normalized spacial score (nSPS) is 21.0. The summed E-state index contributed by atoms with van der Waals surface area (Å²) < 4.78 is 24.8. The van der Waals surface area contributed by atoms with Gasteiger partial charge in [-0.3, -0.25) is 9.69 Å². The van der Waals surface area contributed by atoms with Crippen molar-refractivity contribution in [3.63, 3.8) is 0 Å². The number of aliphatic imine (C=N–C) groups is 1. The van der Waals surface area contributed by atoms with Crippen molar-refractivity contribution in [3.8, 4) is 5.75 Å². The van der Waals surface area contributed by atoms with E-state index in [9.17, 15) is 14.0 Å². The topological polar surface area (TPSA) is 83.5 Å². The van der Waals surface area contributed by atoms with Gasteiger partial charge in [0.15, 0.2) is 0 Å². The second-order valence-electron chi connectivity index (χ2n) is 8.25. The van der Waals surface area contributed by atoms with Gasteiger partial charge in [-0.25, -0.2) is 14.2 Å². The van der Waals surface area contributed by atoms with Crippen molar-refractivity contribution in [3.05, 3.63) is 59.9 Å². The fraction of sp³-hybridized carbons (Fsp3) is 0.400. The fourth-order valence-electron chi connectivity index (χ4n) is 4.45. The monoisotopic (exact) mass is 468 g/mol. The lowest BCUT2D eigenvalue weighted by Crippen LogP contribution is -2.52. The SMILES string of the molecule is CCOC(=O)C1C(CN2CCN(c3ccccc3F)CC2)=NC(=O)NC1c1ccc(OC)cc1. The Morgan fingerprint density at radius 3 is 2.47 bits per heavy atom. The Labute approximate surface area is 198 Å². The van der Waals surface area contributed by atoms with E-state index < -0.39 is 24.0 Å². The molecule has 180 valence electrons. The van der Waals surface area contributed by atoms with Crippen molar-refractivity contribution in [2.45, 2.75) is 13.0 Å². The first kappa shape index (κ1) is 23.7. The molecule has 2 atom stereocenters. The van der Waals surface area contributed by atoms with Gasteiger partial charge in [-0.2, -0.15) is 0 Å². The summed E-state index contributed by atoms with van der Waals surface area (Å²) in [6, 6.07) is 12.9. The smallest absolute Gasteiger partial charge is 0.341 e. The summed E-state index contributed by atoms with van der Waals surface area (Å²) in [6.07, 6.45) is 0. The summed E-state index contributed by atoms with van der Waals surface area (Å²) in [4.78, 5) is 33.8. The molecule has 0 radical (unpaired) electrons. The van der Waals surface area contributed by atoms with Crippen LogP contribution in [-0.2, 0) is 9.53 Å². The molecule has 34 heavy (non-hydrogen) atoms. The lowest BCUT2D eigenvalue weighted by atomic mass is 9.87. The van der Waals surface area contributed by atoms with Crippen LogP contribution >= 0.6 is 0 Å². The average molecular weight is 469 g/mol. The number of piperazine rings is 1. The number of anilines is 1. The number of benzene rings is 2. The minimum absolute atomic E-state index is 0.229. The number of methoxy groups -OCH3 is 1. The minimum Gasteiger partial charge on any atom is -0.497 e. The number of halogens is 1. The van der Waals surface area contributed by atoms with Crippen molar-refractivity contribution in [2.75, 3.05) is 51.3 Å². The van der Waals surface area contributed by atoms with Crippen LogP contribution < -0.4 is 15.0 Å². The minimum atomic E-state index is -0.740. The summed E-state index contributed by atoms with van der Waals surface area (Å²) in [6.45, 7) is 4.90. The number of esters is 1. The molecule has 2 unspecified atom stereocenters. The van der Waals surface area contributed by atoms with Crippen molar-refractivity contribution >= 4 is 23.4 Å². The Morgan fingerprint density at radius 2 is 1.82 bits per heavy atom. The van der Waals surface area contributed by atoms with E-state index in [1.165, 1.54) is 6.07 Å². The van der Waals surface area contributed by atoms with Gasteiger partial charge in [0, 0.05) is 32.7 Å². The molecule has 0 spiro atoms. The quantitative estimate of drug-likeness (QED) is 0.629. The molecular weight excluding hydrogens is 439 g/mol. The predicted molar refractivity (Wildman–Crippen MR) is 127 cm³/mol. The molecule has 1 fully saturated rings. The third-order valence-electron chi connectivity index (χ3n) is 6.18. The molecule has 0 aliphatic carbocycles. The number of carbonyl (C=O) groups excluding carboxylic acids is 2. The Morgan fingerprint density at radius 1 is 1.12 bits per heavy atom. The molecule has 2 amide bonds. The van der Waals surface area contributed by atoms with E-state index >= 15 is 0 Å². The van der Waals surface area contributed by atoms with Crippen LogP contribution in [0.25, 0.3) is 0 Å². The number of ether oxygens (including phenoxy) is 2. The highest BCUT2D eigenvalue weighted by atomic mass is 19.1. The summed E-state index contributed by atoms with van der Waals surface area (Å²) in [5.41, 5.74) is 1.83. The van der Waals surface area contributed by atoms with E-state index in [1.54, 1.807) is 38.3 Å². The van der Waals surface area contributed by atoms with Gasteiger partial charge >= 0.3 is 12.0 Å². The zero-order valence-electron chi connectivity index (χ0n) is 19.4. The van der Waals surface area contributed by atoms with Crippen molar-refractivity contribution in [2.24, 2.45) is 10.9 Å². The first-order chi connectivity index (χ1) is 16.5. The number of rotatable bonds is 7. The number of amides is 2. The van der Waals surface area contributed by atoms with E-state index in [2.05, 4.69) is 15.2 Å². The molecule has 4 rings (SSSR count). The van der Waals surface area contributed by atoms with Crippen LogP contribution in [0.1, 0.15) is 18.5 Å². The zero-order valence-corrected chi connectivity index (χ0v) is 19.4. The van der Waals surface area contributed by atoms with Crippen molar-refractivity contribution in [1.82, 2.24) is 10.2 Å².